The lowest BCUT2D eigenvalue weighted by Gasteiger charge is -1.99. The van der Waals surface area contributed by atoms with Crippen LogP contribution in [0.2, 0.25) is 5.02 Å². The lowest BCUT2D eigenvalue weighted by atomic mass is 10.3. The molecule has 0 saturated heterocycles. The van der Waals surface area contributed by atoms with Crippen LogP contribution in [0.15, 0.2) is 23.2 Å². The van der Waals surface area contributed by atoms with E-state index in [1.54, 1.807) is 5.48 Å². The number of nitrogens with zero attached hydrogens (tertiary/aromatic N) is 1. The van der Waals surface area contributed by atoms with Crippen molar-refractivity contribution in [3.05, 3.63) is 29.0 Å². The first-order valence-electron chi connectivity index (χ1n) is 3.33. The van der Waals surface area contributed by atoms with Crippen LogP contribution in [0.25, 0.3) is 0 Å². The number of hydrogen-bond acceptors (Lipinski definition) is 2. The van der Waals surface area contributed by atoms with Gasteiger partial charge in [0.2, 0.25) is 5.96 Å². The van der Waals surface area contributed by atoms with Crippen LogP contribution in [-0.2, 0) is 0 Å². The Bertz CT molecular complexity index is 343. The second kappa shape index (κ2) is 4.06. The minimum Gasteiger partial charge on any atom is -0.368 e. The van der Waals surface area contributed by atoms with Crippen LogP contribution >= 0.6 is 11.6 Å². The molecule has 1 rings (SSSR count). The van der Waals surface area contributed by atoms with E-state index in [-0.39, 0.29) is 16.7 Å². The molecule has 0 aromatic heterocycles. The Kier molecular flexibility index (Phi) is 3.05. The fourth-order valence-corrected chi connectivity index (χ4v) is 0.886. The maximum Gasteiger partial charge on any atom is 0.218 e. The van der Waals surface area contributed by atoms with Crippen LogP contribution in [0.1, 0.15) is 0 Å². The van der Waals surface area contributed by atoms with Crippen LogP contribution in [0, 0.1) is 5.82 Å². The van der Waals surface area contributed by atoms with Crippen molar-refractivity contribution in [1.29, 1.82) is 0 Å². The summed E-state index contributed by atoms with van der Waals surface area (Å²) in [5, 5.41) is 8.56. The molecule has 1 aromatic carbocycles. The number of nitrogens with one attached hydrogen (secondary N) is 1. The molecular formula is C7H7ClFN3O. The summed E-state index contributed by atoms with van der Waals surface area (Å²) in [5.74, 6) is -0.735. The van der Waals surface area contributed by atoms with Crippen molar-refractivity contribution in [2.45, 2.75) is 0 Å². The molecule has 0 aliphatic carbocycles. The van der Waals surface area contributed by atoms with Gasteiger partial charge in [-0.25, -0.2) is 14.9 Å². The zero-order chi connectivity index (χ0) is 9.84. The van der Waals surface area contributed by atoms with E-state index in [9.17, 15) is 4.39 Å². The lowest BCUT2D eigenvalue weighted by molar-refractivity contribution is 0.233. The highest BCUT2D eigenvalue weighted by Crippen LogP contribution is 2.24. The molecule has 4 N–H and O–H groups in total. The first-order valence-corrected chi connectivity index (χ1v) is 3.70. The van der Waals surface area contributed by atoms with Crippen molar-refractivity contribution in [3.63, 3.8) is 0 Å². The maximum atomic E-state index is 12.6. The fraction of sp³-hybridized carbons (Fsp3) is 0. The summed E-state index contributed by atoms with van der Waals surface area (Å²) in [6.45, 7) is 0. The summed E-state index contributed by atoms with van der Waals surface area (Å²) >= 11 is 5.66. The van der Waals surface area contributed by atoms with Gasteiger partial charge in [0.05, 0.1) is 10.7 Å². The molecule has 6 heteroatoms. The SMILES string of the molecule is NC(=Nc1cc(F)ccc1Cl)NO. The molecule has 4 nitrogen and oxygen atoms in total. The Hall–Kier alpha value is -1.33. The summed E-state index contributed by atoms with van der Waals surface area (Å²) < 4.78 is 12.6. The van der Waals surface area contributed by atoms with Crippen molar-refractivity contribution < 1.29 is 9.60 Å². The Morgan fingerprint density at radius 3 is 2.92 bits per heavy atom. The zero-order valence-corrected chi connectivity index (χ0v) is 7.22. The zero-order valence-electron chi connectivity index (χ0n) is 6.46. The van der Waals surface area contributed by atoms with Crippen LogP contribution in [0.5, 0.6) is 0 Å². The molecule has 0 aliphatic rings. The van der Waals surface area contributed by atoms with E-state index >= 15 is 0 Å². The molecule has 0 aliphatic heterocycles. The fourth-order valence-electron chi connectivity index (χ4n) is 0.726. The number of hydrogen-bond donors (Lipinski definition) is 3. The highest BCUT2D eigenvalue weighted by molar-refractivity contribution is 6.33. The molecule has 0 atom stereocenters. The highest BCUT2D eigenvalue weighted by Gasteiger charge is 2.00. The van der Waals surface area contributed by atoms with Crippen molar-refractivity contribution in [1.82, 2.24) is 5.48 Å². The van der Waals surface area contributed by atoms with E-state index in [1.807, 2.05) is 0 Å². The number of halogens is 2. The van der Waals surface area contributed by atoms with Gasteiger partial charge in [-0.3, -0.25) is 5.21 Å². The molecule has 0 saturated carbocycles. The van der Waals surface area contributed by atoms with Crippen molar-refractivity contribution in [2.75, 3.05) is 0 Å². The Balaban J connectivity index is 3.07. The average molecular weight is 204 g/mol. The third-order valence-electron chi connectivity index (χ3n) is 1.26. The highest BCUT2D eigenvalue weighted by atomic mass is 35.5. The quantitative estimate of drug-likeness (QED) is 0.367. The van der Waals surface area contributed by atoms with Crippen molar-refractivity contribution >= 4 is 23.2 Å². The smallest absolute Gasteiger partial charge is 0.218 e. The molecule has 0 fully saturated rings. The monoisotopic (exact) mass is 203 g/mol. The van der Waals surface area contributed by atoms with Gasteiger partial charge in [-0.15, -0.1) is 0 Å². The van der Waals surface area contributed by atoms with Crippen LogP contribution in [0.3, 0.4) is 0 Å². The maximum absolute atomic E-state index is 12.6. The molecular weight excluding hydrogens is 197 g/mol. The Labute approximate surface area is 78.8 Å². The second-order valence-electron chi connectivity index (χ2n) is 2.20. The van der Waals surface area contributed by atoms with E-state index in [2.05, 4.69) is 4.99 Å². The van der Waals surface area contributed by atoms with E-state index in [0.29, 0.717) is 0 Å². The van der Waals surface area contributed by atoms with E-state index < -0.39 is 5.82 Å². The molecule has 0 heterocycles. The molecule has 0 amide bonds. The third kappa shape index (κ3) is 2.57. The summed E-state index contributed by atoms with van der Waals surface area (Å²) in [4.78, 5) is 3.60. The van der Waals surface area contributed by atoms with Gasteiger partial charge in [0.15, 0.2) is 0 Å². The second-order valence-corrected chi connectivity index (χ2v) is 2.61. The third-order valence-corrected chi connectivity index (χ3v) is 1.58. The number of aliphatic imine (C=N–C) groups is 1. The van der Waals surface area contributed by atoms with Crippen LogP contribution < -0.4 is 11.2 Å². The van der Waals surface area contributed by atoms with Gasteiger partial charge >= 0.3 is 0 Å². The number of nitrogens with two attached hydrogens (primary N) is 1. The molecule has 0 spiro atoms. The van der Waals surface area contributed by atoms with Gasteiger partial charge in [-0.2, -0.15) is 0 Å². The Morgan fingerprint density at radius 1 is 1.62 bits per heavy atom. The molecule has 0 unspecified atom stereocenters. The largest absolute Gasteiger partial charge is 0.368 e. The molecule has 1 aromatic rings. The van der Waals surface area contributed by atoms with Gasteiger partial charge < -0.3 is 5.73 Å². The predicted molar refractivity (Wildman–Crippen MR) is 47.6 cm³/mol. The minimum absolute atomic E-state index is 0.153. The summed E-state index contributed by atoms with van der Waals surface area (Å²) in [6.07, 6.45) is 0. The number of benzene rings is 1. The Morgan fingerprint density at radius 2 is 2.31 bits per heavy atom. The van der Waals surface area contributed by atoms with E-state index in [4.69, 9.17) is 22.5 Å². The normalized spacial score (nSPS) is 11.5. The predicted octanol–water partition coefficient (Wildman–Crippen LogP) is 1.40. The number of guanidine groups is 1. The molecule has 0 bridgehead atoms. The molecule has 70 valence electrons. The lowest BCUT2D eigenvalue weighted by Crippen LogP contribution is -2.27. The molecule has 0 radical (unpaired) electrons. The van der Waals surface area contributed by atoms with Crippen molar-refractivity contribution in [2.24, 2.45) is 10.7 Å². The van der Waals surface area contributed by atoms with Gasteiger partial charge in [0.1, 0.15) is 5.82 Å². The minimum atomic E-state index is -0.478. The average Bonchev–Trinajstić information content (AvgIpc) is 2.11. The van der Waals surface area contributed by atoms with Crippen LogP contribution in [-0.4, -0.2) is 11.2 Å². The first kappa shape index (κ1) is 9.76. The summed E-state index contributed by atoms with van der Waals surface area (Å²) in [7, 11) is 0. The topological polar surface area (TPSA) is 70.6 Å². The molecule has 13 heavy (non-hydrogen) atoms. The van der Waals surface area contributed by atoms with Gasteiger partial charge in [0, 0.05) is 6.07 Å². The van der Waals surface area contributed by atoms with E-state index in [1.165, 1.54) is 12.1 Å². The summed E-state index contributed by atoms with van der Waals surface area (Å²) in [6, 6.07) is 3.65. The first-order chi connectivity index (χ1) is 6.13. The summed E-state index contributed by atoms with van der Waals surface area (Å²) in [5.41, 5.74) is 6.89. The van der Waals surface area contributed by atoms with Gasteiger partial charge in [-0.1, -0.05) is 11.6 Å². The van der Waals surface area contributed by atoms with E-state index in [0.717, 1.165) is 6.07 Å². The number of rotatable bonds is 1. The number of hydroxylamine groups is 1. The van der Waals surface area contributed by atoms with Gasteiger partial charge in [0.25, 0.3) is 0 Å². The van der Waals surface area contributed by atoms with Crippen molar-refractivity contribution in [3.8, 4) is 0 Å². The standard InChI is InChI=1S/C7H7ClFN3O/c8-5-2-1-4(9)3-6(5)11-7(10)12-13/h1-3,13H,(H3,10,11,12). The van der Waals surface area contributed by atoms with Gasteiger partial charge in [-0.05, 0) is 12.1 Å². The van der Waals surface area contributed by atoms with Crippen LogP contribution in [0.4, 0.5) is 10.1 Å².